The molecule has 5 rings (SSSR count). The molecule has 0 bridgehead atoms. The molecule has 0 aromatic heterocycles. The van der Waals surface area contributed by atoms with Crippen LogP contribution in [0, 0.1) is 6.92 Å². The molecule has 6 heteroatoms. The molecule has 0 amide bonds. The van der Waals surface area contributed by atoms with E-state index in [4.69, 9.17) is 14.2 Å². The molecule has 0 spiro atoms. The zero-order valence-electron chi connectivity index (χ0n) is 20.0. The van der Waals surface area contributed by atoms with E-state index in [9.17, 15) is 4.79 Å². The first-order valence-corrected chi connectivity index (χ1v) is 12.5. The Hall–Kier alpha value is -3.90. The van der Waals surface area contributed by atoms with Gasteiger partial charge in [-0.05, 0) is 82.0 Å². The van der Waals surface area contributed by atoms with E-state index in [1.54, 1.807) is 6.08 Å². The fraction of sp³-hybridized carbons (Fsp3) is 0.133. The Morgan fingerprint density at radius 2 is 1.72 bits per heavy atom. The van der Waals surface area contributed by atoms with Crippen LogP contribution in [0.15, 0.2) is 94.0 Å². The number of fused-ring (bicyclic) bond motifs is 1. The summed E-state index contributed by atoms with van der Waals surface area (Å²) in [5, 5.41) is 2.16. The minimum atomic E-state index is -0.494. The van der Waals surface area contributed by atoms with E-state index in [1.165, 1.54) is 5.56 Å². The highest BCUT2D eigenvalue weighted by molar-refractivity contribution is 9.10. The number of nitrogens with zero attached hydrogens (tertiary/aromatic N) is 1. The molecule has 0 unspecified atom stereocenters. The predicted molar refractivity (Wildman–Crippen MR) is 145 cm³/mol. The molecule has 0 saturated carbocycles. The summed E-state index contributed by atoms with van der Waals surface area (Å²) in [7, 11) is 0. The number of hydrogen-bond acceptors (Lipinski definition) is 5. The number of hydrogen-bond donors (Lipinski definition) is 0. The van der Waals surface area contributed by atoms with Crippen LogP contribution in [-0.4, -0.2) is 18.5 Å². The molecule has 1 aliphatic rings. The lowest BCUT2D eigenvalue weighted by Crippen LogP contribution is -2.05. The SMILES string of the molecule is CCOc1cc(/C=C2\N=C(c3ccc4ccccc4c3)OC2=O)cc(Br)c1OCc1ccc(C)cc1. The van der Waals surface area contributed by atoms with Crippen LogP contribution in [0.2, 0.25) is 0 Å². The van der Waals surface area contributed by atoms with Gasteiger partial charge in [0.15, 0.2) is 17.2 Å². The normalized spacial score (nSPS) is 14.1. The van der Waals surface area contributed by atoms with E-state index in [2.05, 4.69) is 40.0 Å². The number of cyclic esters (lactones) is 1. The van der Waals surface area contributed by atoms with Crippen LogP contribution in [0.3, 0.4) is 0 Å². The highest BCUT2D eigenvalue weighted by Gasteiger charge is 2.25. The number of aliphatic imine (C=N–C) groups is 1. The first kappa shape index (κ1) is 23.8. The summed E-state index contributed by atoms with van der Waals surface area (Å²) in [4.78, 5) is 17.1. The average Bonchev–Trinajstić information content (AvgIpc) is 3.24. The Morgan fingerprint density at radius 3 is 2.50 bits per heavy atom. The third-order valence-electron chi connectivity index (χ3n) is 5.76. The summed E-state index contributed by atoms with van der Waals surface area (Å²) in [6.45, 7) is 4.85. The van der Waals surface area contributed by atoms with Crippen LogP contribution in [-0.2, 0) is 16.1 Å². The van der Waals surface area contributed by atoms with Gasteiger partial charge in [-0.1, -0.05) is 60.2 Å². The van der Waals surface area contributed by atoms with Gasteiger partial charge in [-0.15, -0.1) is 0 Å². The van der Waals surface area contributed by atoms with Gasteiger partial charge in [-0.3, -0.25) is 0 Å². The molecule has 0 fully saturated rings. The molecule has 1 heterocycles. The van der Waals surface area contributed by atoms with Gasteiger partial charge in [0.2, 0.25) is 5.90 Å². The number of aryl methyl sites for hydroxylation is 1. The van der Waals surface area contributed by atoms with Crippen molar-refractivity contribution in [3.05, 3.63) is 111 Å². The van der Waals surface area contributed by atoms with E-state index in [0.29, 0.717) is 30.6 Å². The quantitative estimate of drug-likeness (QED) is 0.183. The third-order valence-corrected chi connectivity index (χ3v) is 6.34. The van der Waals surface area contributed by atoms with Crippen molar-refractivity contribution < 1.29 is 19.0 Å². The molecule has 180 valence electrons. The molecule has 4 aromatic rings. The molecule has 36 heavy (non-hydrogen) atoms. The van der Waals surface area contributed by atoms with Crippen molar-refractivity contribution in [2.24, 2.45) is 4.99 Å². The van der Waals surface area contributed by atoms with Gasteiger partial charge in [0, 0.05) is 5.56 Å². The molecular weight excluding hydrogens is 518 g/mol. The summed E-state index contributed by atoms with van der Waals surface area (Å²) in [5.41, 5.74) is 3.97. The second-order valence-corrected chi connectivity index (χ2v) is 9.29. The number of carbonyl (C=O) groups is 1. The van der Waals surface area contributed by atoms with Gasteiger partial charge in [-0.2, -0.15) is 0 Å². The lowest BCUT2D eigenvalue weighted by atomic mass is 10.1. The molecule has 1 aliphatic heterocycles. The first-order chi connectivity index (χ1) is 17.5. The summed E-state index contributed by atoms with van der Waals surface area (Å²) in [6, 6.07) is 25.8. The minimum Gasteiger partial charge on any atom is -0.490 e. The van der Waals surface area contributed by atoms with E-state index in [-0.39, 0.29) is 5.70 Å². The van der Waals surface area contributed by atoms with Crippen LogP contribution in [0.1, 0.15) is 29.2 Å². The van der Waals surface area contributed by atoms with Crippen molar-refractivity contribution in [2.45, 2.75) is 20.5 Å². The second-order valence-electron chi connectivity index (χ2n) is 8.44. The number of esters is 1. The maximum atomic E-state index is 12.6. The van der Waals surface area contributed by atoms with Crippen molar-refractivity contribution >= 4 is 44.6 Å². The fourth-order valence-electron chi connectivity index (χ4n) is 3.93. The lowest BCUT2D eigenvalue weighted by Gasteiger charge is -2.15. The highest BCUT2D eigenvalue weighted by atomic mass is 79.9. The Bertz CT molecular complexity index is 1510. The second kappa shape index (κ2) is 10.4. The lowest BCUT2D eigenvalue weighted by molar-refractivity contribution is -0.129. The predicted octanol–water partition coefficient (Wildman–Crippen LogP) is 7.23. The van der Waals surface area contributed by atoms with E-state index >= 15 is 0 Å². The highest BCUT2D eigenvalue weighted by Crippen LogP contribution is 2.38. The monoisotopic (exact) mass is 541 g/mol. The van der Waals surface area contributed by atoms with Crippen molar-refractivity contribution in [3.63, 3.8) is 0 Å². The fourth-order valence-corrected chi connectivity index (χ4v) is 4.50. The molecule has 4 aromatic carbocycles. The van der Waals surface area contributed by atoms with Gasteiger partial charge in [0.25, 0.3) is 0 Å². The van der Waals surface area contributed by atoms with Crippen LogP contribution in [0.25, 0.3) is 16.8 Å². The number of ether oxygens (including phenoxy) is 3. The standard InChI is InChI=1S/C30H24BrNO4/c1-3-34-27-16-21(14-25(31)28(27)35-18-20-10-8-19(2)9-11-20)15-26-30(33)36-29(32-26)24-13-12-22-6-4-5-7-23(22)17-24/h4-17H,3,18H2,1-2H3/b26-15-. The van der Waals surface area contributed by atoms with Crippen molar-refractivity contribution in [3.8, 4) is 11.5 Å². The van der Waals surface area contributed by atoms with Gasteiger partial charge in [0.1, 0.15) is 6.61 Å². The zero-order valence-corrected chi connectivity index (χ0v) is 21.5. The van der Waals surface area contributed by atoms with Crippen LogP contribution >= 0.6 is 15.9 Å². The third kappa shape index (κ3) is 5.19. The molecule has 0 atom stereocenters. The summed E-state index contributed by atoms with van der Waals surface area (Å²) < 4.78 is 18.1. The Balaban J connectivity index is 1.42. The Kier molecular flexibility index (Phi) is 6.87. The summed E-state index contributed by atoms with van der Waals surface area (Å²) >= 11 is 3.60. The number of rotatable bonds is 7. The molecule has 0 saturated heterocycles. The van der Waals surface area contributed by atoms with Gasteiger partial charge in [0.05, 0.1) is 11.1 Å². The van der Waals surface area contributed by atoms with Crippen LogP contribution in [0.4, 0.5) is 0 Å². The Labute approximate surface area is 218 Å². The van der Waals surface area contributed by atoms with Crippen molar-refractivity contribution in [1.29, 1.82) is 0 Å². The van der Waals surface area contributed by atoms with Gasteiger partial charge >= 0.3 is 5.97 Å². The maximum Gasteiger partial charge on any atom is 0.363 e. The van der Waals surface area contributed by atoms with Gasteiger partial charge < -0.3 is 14.2 Å². The average molecular weight is 542 g/mol. The number of benzene rings is 4. The van der Waals surface area contributed by atoms with E-state index in [0.717, 1.165) is 31.9 Å². The largest absolute Gasteiger partial charge is 0.490 e. The topological polar surface area (TPSA) is 57.1 Å². The Morgan fingerprint density at radius 1 is 0.944 bits per heavy atom. The molecule has 0 radical (unpaired) electrons. The van der Waals surface area contributed by atoms with Crippen molar-refractivity contribution in [1.82, 2.24) is 0 Å². The summed E-state index contributed by atoms with van der Waals surface area (Å²) in [5.74, 6) is 0.982. The molecule has 0 N–H and O–H groups in total. The molecule has 5 nitrogen and oxygen atoms in total. The first-order valence-electron chi connectivity index (χ1n) is 11.7. The maximum absolute atomic E-state index is 12.6. The van der Waals surface area contributed by atoms with E-state index in [1.807, 2.05) is 73.7 Å². The summed E-state index contributed by atoms with van der Waals surface area (Å²) in [6.07, 6.45) is 1.69. The number of carbonyl (C=O) groups excluding carboxylic acids is 1. The van der Waals surface area contributed by atoms with E-state index < -0.39 is 5.97 Å². The number of halogens is 1. The zero-order chi connectivity index (χ0) is 25.1. The van der Waals surface area contributed by atoms with Gasteiger partial charge in [-0.25, -0.2) is 9.79 Å². The van der Waals surface area contributed by atoms with Crippen molar-refractivity contribution in [2.75, 3.05) is 6.61 Å². The van der Waals surface area contributed by atoms with Crippen LogP contribution < -0.4 is 9.47 Å². The molecule has 0 aliphatic carbocycles. The molecular formula is C30H24BrNO4. The smallest absolute Gasteiger partial charge is 0.363 e. The van der Waals surface area contributed by atoms with Crippen LogP contribution in [0.5, 0.6) is 11.5 Å². The minimum absolute atomic E-state index is 0.223.